The van der Waals surface area contributed by atoms with E-state index in [0.717, 1.165) is 18.5 Å². The van der Waals surface area contributed by atoms with E-state index in [-0.39, 0.29) is 11.9 Å². The smallest absolute Gasteiger partial charge is 0.271 e. The van der Waals surface area contributed by atoms with Gasteiger partial charge in [-0.1, -0.05) is 32.3 Å². The highest BCUT2D eigenvalue weighted by atomic mass is 16.1. The number of aromatic nitrogens is 2. The van der Waals surface area contributed by atoms with Gasteiger partial charge in [0.1, 0.15) is 11.3 Å². The third-order valence-corrected chi connectivity index (χ3v) is 3.21. The Morgan fingerprint density at radius 1 is 1.42 bits per heavy atom. The zero-order chi connectivity index (χ0) is 13.7. The van der Waals surface area contributed by atoms with Gasteiger partial charge >= 0.3 is 0 Å². The number of hydrogen-bond donors (Lipinski definition) is 1. The summed E-state index contributed by atoms with van der Waals surface area (Å²) >= 11 is 0. The highest BCUT2D eigenvalue weighted by Gasteiger charge is 2.12. The Bertz CT molecular complexity index is 514. The quantitative estimate of drug-likeness (QED) is 0.810. The van der Waals surface area contributed by atoms with Crippen molar-refractivity contribution in [2.45, 2.75) is 45.6 Å². The molecule has 0 saturated heterocycles. The summed E-state index contributed by atoms with van der Waals surface area (Å²) in [4.78, 5) is 16.4. The summed E-state index contributed by atoms with van der Waals surface area (Å²) in [6, 6.07) is 5.92. The molecule has 1 N–H and O–H groups in total. The molecule has 2 rings (SSSR count). The van der Waals surface area contributed by atoms with Gasteiger partial charge in [-0.25, -0.2) is 4.98 Å². The first kappa shape index (κ1) is 13.6. The van der Waals surface area contributed by atoms with Gasteiger partial charge in [-0.15, -0.1) is 0 Å². The minimum absolute atomic E-state index is 0.0901. The van der Waals surface area contributed by atoms with Crippen molar-refractivity contribution >= 4 is 11.6 Å². The molecule has 0 bridgehead atoms. The van der Waals surface area contributed by atoms with Crippen LogP contribution in [0.2, 0.25) is 0 Å². The summed E-state index contributed by atoms with van der Waals surface area (Å²) in [6.45, 7) is 4.23. The number of carbonyl (C=O) groups excluding carboxylic acids is 1. The Labute approximate surface area is 113 Å². The Morgan fingerprint density at radius 2 is 2.26 bits per heavy atom. The lowest BCUT2D eigenvalue weighted by Crippen LogP contribution is -2.32. The number of carbonyl (C=O) groups is 1. The van der Waals surface area contributed by atoms with Crippen molar-refractivity contribution in [1.82, 2.24) is 14.7 Å². The van der Waals surface area contributed by atoms with Crippen molar-refractivity contribution in [3.05, 3.63) is 36.3 Å². The van der Waals surface area contributed by atoms with Crippen molar-refractivity contribution < 1.29 is 4.79 Å². The molecule has 0 saturated carbocycles. The number of nitrogens with zero attached hydrogens (tertiary/aromatic N) is 2. The molecule has 0 fully saturated rings. The van der Waals surface area contributed by atoms with Gasteiger partial charge in [-0.05, 0) is 25.5 Å². The molecule has 0 aromatic carbocycles. The molecule has 2 aromatic heterocycles. The first-order chi connectivity index (χ1) is 9.20. The zero-order valence-corrected chi connectivity index (χ0v) is 11.6. The Kier molecular flexibility index (Phi) is 4.55. The molecule has 1 atom stereocenters. The second-order valence-corrected chi connectivity index (χ2v) is 4.96. The van der Waals surface area contributed by atoms with Crippen LogP contribution in [0.3, 0.4) is 0 Å². The van der Waals surface area contributed by atoms with Crippen LogP contribution in [0.15, 0.2) is 30.6 Å². The Hall–Kier alpha value is -1.84. The van der Waals surface area contributed by atoms with Gasteiger partial charge in [-0.2, -0.15) is 0 Å². The fourth-order valence-corrected chi connectivity index (χ4v) is 2.11. The Morgan fingerprint density at radius 3 is 3.00 bits per heavy atom. The fraction of sp³-hybridized carbons (Fsp3) is 0.467. The van der Waals surface area contributed by atoms with Crippen LogP contribution in [0.4, 0.5) is 0 Å². The molecule has 102 valence electrons. The predicted octanol–water partition coefficient (Wildman–Crippen LogP) is 3.03. The van der Waals surface area contributed by atoms with Gasteiger partial charge < -0.3 is 9.72 Å². The van der Waals surface area contributed by atoms with Crippen LogP contribution in [-0.2, 0) is 0 Å². The van der Waals surface area contributed by atoms with Crippen molar-refractivity contribution in [2.75, 3.05) is 0 Å². The molecular weight excluding hydrogens is 238 g/mol. The number of amides is 1. The molecule has 1 amide bonds. The summed E-state index contributed by atoms with van der Waals surface area (Å²) in [7, 11) is 0. The van der Waals surface area contributed by atoms with Gasteiger partial charge in [0.15, 0.2) is 0 Å². The normalized spacial score (nSPS) is 12.5. The van der Waals surface area contributed by atoms with Gasteiger partial charge in [0.25, 0.3) is 5.91 Å². The first-order valence-electron chi connectivity index (χ1n) is 6.95. The second kappa shape index (κ2) is 6.36. The average Bonchev–Trinajstić information content (AvgIpc) is 2.83. The number of rotatable bonds is 6. The lowest BCUT2D eigenvalue weighted by atomic mass is 10.1. The largest absolute Gasteiger partial charge is 0.348 e. The number of imidazole rings is 1. The molecule has 0 aliphatic heterocycles. The van der Waals surface area contributed by atoms with Crippen molar-refractivity contribution in [3.8, 4) is 0 Å². The monoisotopic (exact) mass is 259 g/mol. The maximum atomic E-state index is 12.1. The van der Waals surface area contributed by atoms with Crippen molar-refractivity contribution in [1.29, 1.82) is 0 Å². The second-order valence-electron chi connectivity index (χ2n) is 4.96. The molecule has 4 heteroatoms. The summed E-state index contributed by atoms with van der Waals surface area (Å²) in [6.07, 6.45) is 8.25. The van der Waals surface area contributed by atoms with E-state index >= 15 is 0 Å². The topological polar surface area (TPSA) is 46.4 Å². The SMILES string of the molecule is CCCCCC(C)NC(=O)c1cn2ccccc2n1. The standard InChI is InChI=1S/C15H21N3O/c1-3-4-5-8-12(2)16-15(19)13-11-18-10-7-6-9-14(18)17-13/h6-7,9-12H,3-5,8H2,1-2H3,(H,16,19). The number of pyridine rings is 1. The molecule has 2 heterocycles. The third-order valence-electron chi connectivity index (χ3n) is 3.21. The average molecular weight is 259 g/mol. The van der Waals surface area contributed by atoms with E-state index in [1.165, 1.54) is 12.8 Å². The Balaban J connectivity index is 1.95. The van der Waals surface area contributed by atoms with Gasteiger partial charge in [0.2, 0.25) is 0 Å². The molecule has 19 heavy (non-hydrogen) atoms. The van der Waals surface area contributed by atoms with Crippen LogP contribution in [0.25, 0.3) is 5.65 Å². The third kappa shape index (κ3) is 3.56. The summed E-state index contributed by atoms with van der Waals surface area (Å²) in [5, 5.41) is 3.00. The molecule has 4 nitrogen and oxygen atoms in total. The number of fused-ring (bicyclic) bond motifs is 1. The minimum atomic E-state index is -0.0901. The fourth-order valence-electron chi connectivity index (χ4n) is 2.11. The molecule has 0 spiro atoms. The first-order valence-corrected chi connectivity index (χ1v) is 6.95. The van der Waals surface area contributed by atoms with Crippen LogP contribution in [0, 0.1) is 0 Å². The predicted molar refractivity (Wildman–Crippen MR) is 76.3 cm³/mol. The number of nitrogens with one attached hydrogen (secondary N) is 1. The van der Waals surface area contributed by atoms with E-state index in [2.05, 4.69) is 17.2 Å². The van der Waals surface area contributed by atoms with E-state index in [1.54, 1.807) is 6.20 Å². The van der Waals surface area contributed by atoms with E-state index in [1.807, 2.05) is 35.7 Å². The molecular formula is C15H21N3O. The van der Waals surface area contributed by atoms with Gasteiger partial charge in [0, 0.05) is 18.4 Å². The molecule has 0 aliphatic carbocycles. The number of hydrogen-bond acceptors (Lipinski definition) is 2. The van der Waals surface area contributed by atoms with Crippen LogP contribution < -0.4 is 5.32 Å². The molecule has 0 radical (unpaired) electrons. The minimum Gasteiger partial charge on any atom is -0.348 e. The number of unbranched alkanes of at least 4 members (excludes halogenated alkanes) is 2. The zero-order valence-electron chi connectivity index (χ0n) is 11.6. The maximum absolute atomic E-state index is 12.1. The van der Waals surface area contributed by atoms with Crippen molar-refractivity contribution in [2.24, 2.45) is 0 Å². The maximum Gasteiger partial charge on any atom is 0.271 e. The molecule has 2 aromatic rings. The van der Waals surface area contributed by atoms with Crippen LogP contribution >= 0.6 is 0 Å². The van der Waals surface area contributed by atoms with Crippen LogP contribution in [0.1, 0.15) is 50.0 Å². The lowest BCUT2D eigenvalue weighted by molar-refractivity contribution is 0.0933. The van der Waals surface area contributed by atoms with Crippen LogP contribution in [-0.4, -0.2) is 21.3 Å². The van der Waals surface area contributed by atoms with E-state index in [4.69, 9.17) is 0 Å². The summed E-state index contributed by atoms with van der Waals surface area (Å²) in [5.41, 5.74) is 1.28. The molecule has 0 aliphatic rings. The highest BCUT2D eigenvalue weighted by molar-refractivity contribution is 5.93. The van der Waals surface area contributed by atoms with E-state index in [9.17, 15) is 4.79 Å². The lowest BCUT2D eigenvalue weighted by Gasteiger charge is -2.12. The van der Waals surface area contributed by atoms with Crippen molar-refractivity contribution in [3.63, 3.8) is 0 Å². The highest BCUT2D eigenvalue weighted by Crippen LogP contribution is 2.06. The summed E-state index contributed by atoms with van der Waals surface area (Å²) in [5.74, 6) is -0.0901. The van der Waals surface area contributed by atoms with Gasteiger partial charge in [-0.3, -0.25) is 4.79 Å². The summed E-state index contributed by atoms with van der Waals surface area (Å²) < 4.78 is 1.86. The van der Waals surface area contributed by atoms with E-state index in [0.29, 0.717) is 5.69 Å². The van der Waals surface area contributed by atoms with E-state index < -0.39 is 0 Å². The van der Waals surface area contributed by atoms with Gasteiger partial charge in [0.05, 0.1) is 0 Å². The molecule has 1 unspecified atom stereocenters. The van der Waals surface area contributed by atoms with Crippen LogP contribution in [0.5, 0.6) is 0 Å².